The number of carbonyl (C=O) groups is 3. The van der Waals surface area contributed by atoms with Crippen molar-refractivity contribution in [3.05, 3.63) is 29.8 Å². The summed E-state index contributed by atoms with van der Waals surface area (Å²) in [5.74, 6) is -1.53. The van der Waals surface area contributed by atoms with Crippen molar-refractivity contribution in [1.82, 2.24) is 4.90 Å². The molecule has 0 spiro atoms. The number of aliphatic carboxylic acids is 1. The molecule has 0 bridgehead atoms. The first-order valence-corrected chi connectivity index (χ1v) is 8.43. The van der Waals surface area contributed by atoms with Gasteiger partial charge in [0.25, 0.3) is 5.91 Å². The smallest absolute Gasteiger partial charge is 0.308 e. The normalized spacial score (nSPS) is 17.4. The Balaban J connectivity index is 1.95. The van der Waals surface area contributed by atoms with E-state index in [9.17, 15) is 14.4 Å². The number of anilines is 1. The largest absolute Gasteiger partial charge is 0.481 e. The first-order valence-electron chi connectivity index (χ1n) is 8.43. The monoisotopic (exact) mass is 332 g/mol. The average molecular weight is 332 g/mol. The van der Waals surface area contributed by atoms with Crippen LogP contribution < -0.4 is 5.32 Å². The number of benzene rings is 1. The van der Waals surface area contributed by atoms with Gasteiger partial charge in [-0.15, -0.1) is 0 Å². The molecule has 1 aromatic rings. The summed E-state index contributed by atoms with van der Waals surface area (Å²) in [5, 5.41) is 11.9. The molecule has 2 rings (SSSR count). The van der Waals surface area contributed by atoms with E-state index in [-0.39, 0.29) is 18.4 Å². The third-order valence-corrected chi connectivity index (χ3v) is 4.23. The molecule has 0 unspecified atom stereocenters. The maximum absolute atomic E-state index is 12.5. The number of piperidine rings is 1. The van der Waals surface area contributed by atoms with Gasteiger partial charge >= 0.3 is 5.97 Å². The quantitative estimate of drug-likeness (QED) is 0.838. The van der Waals surface area contributed by atoms with Crippen LogP contribution in [0.15, 0.2) is 24.3 Å². The number of hydrogen-bond donors (Lipinski definition) is 2. The SMILES string of the molecule is CCCCC(=O)Nc1ccc(C(=O)N2CCC[C@@H](C(=O)O)C2)cc1. The van der Waals surface area contributed by atoms with E-state index >= 15 is 0 Å². The van der Waals surface area contributed by atoms with E-state index in [1.165, 1.54) is 0 Å². The van der Waals surface area contributed by atoms with Gasteiger partial charge in [-0.05, 0) is 43.5 Å². The first kappa shape index (κ1) is 18.0. The van der Waals surface area contributed by atoms with E-state index in [1.807, 2.05) is 6.92 Å². The molecule has 2 N–H and O–H groups in total. The molecule has 130 valence electrons. The second-order valence-electron chi connectivity index (χ2n) is 6.16. The second-order valence-corrected chi connectivity index (χ2v) is 6.16. The third kappa shape index (κ3) is 4.81. The van der Waals surface area contributed by atoms with Gasteiger partial charge in [-0.2, -0.15) is 0 Å². The Morgan fingerprint density at radius 3 is 2.58 bits per heavy atom. The summed E-state index contributed by atoms with van der Waals surface area (Å²) < 4.78 is 0. The summed E-state index contributed by atoms with van der Waals surface area (Å²) in [7, 11) is 0. The maximum Gasteiger partial charge on any atom is 0.308 e. The molecule has 1 aliphatic rings. The lowest BCUT2D eigenvalue weighted by molar-refractivity contribution is -0.143. The molecule has 6 nitrogen and oxygen atoms in total. The predicted molar refractivity (Wildman–Crippen MR) is 90.9 cm³/mol. The third-order valence-electron chi connectivity index (χ3n) is 4.23. The van der Waals surface area contributed by atoms with Gasteiger partial charge in [0.2, 0.25) is 5.91 Å². The average Bonchev–Trinajstić information content (AvgIpc) is 2.60. The molecular weight excluding hydrogens is 308 g/mol. The molecule has 1 aliphatic heterocycles. The Hall–Kier alpha value is -2.37. The molecule has 6 heteroatoms. The molecule has 0 radical (unpaired) electrons. The molecule has 2 amide bonds. The molecule has 0 aromatic heterocycles. The molecule has 0 aliphatic carbocycles. The summed E-state index contributed by atoms with van der Waals surface area (Å²) in [6, 6.07) is 6.75. The highest BCUT2D eigenvalue weighted by Crippen LogP contribution is 2.20. The molecule has 0 saturated carbocycles. The molecule has 24 heavy (non-hydrogen) atoms. The summed E-state index contributed by atoms with van der Waals surface area (Å²) in [6.07, 6.45) is 3.62. The number of carboxylic acid groups (broad SMARTS) is 1. The fourth-order valence-corrected chi connectivity index (χ4v) is 2.80. The van der Waals surface area contributed by atoms with Crippen LogP contribution in [0.3, 0.4) is 0 Å². The first-order chi connectivity index (χ1) is 11.5. The molecule has 1 fully saturated rings. The lowest BCUT2D eigenvalue weighted by Crippen LogP contribution is -2.42. The molecule has 1 atom stereocenters. The van der Waals surface area contributed by atoms with E-state index in [0.29, 0.717) is 37.1 Å². The van der Waals surface area contributed by atoms with Crippen LogP contribution in [0.2, 0.25) is 0 Å². The van der Waals surface area contributed by atoms with Crippen molar-refractivity contribution in [3.8, 4) is 0 Å². The zero-order chi connectivity index (χ0) is 17.5. The molecular formula is C18H24N2O4. The van der Waals surface area contributed by atoms with E-state index in [2.05, 4.69) is 5.32 Å². The standard InChI is InChI=1S/C18H24N2O4/c1-2-3-6-16(21)19-15-9-7-13(8-10-15)17(22)20-11-4-5-14(12-20)18(23)24/h7-10,14H,2-6,11-12H2,1H3,(H,19,21)(H,23,24)/t14-/m1/s1. The van der Waals surface area contributed by atoms with Crippen LogP contribution in [-0.2, 0) is 9.59 Å². The highest BCUT2D eigenvalue weighted by Gasteiger charge is 2.28. The Morgan fingerprint density at radius 1 is 1.25 bits per heavy atom. The van der Waals surface area contributed by atoms with Gasteiger partial charge in [0, 0.05) is 30.8 Å². The Kier molecular flexibility index (Phi) is 6.35. The molecule has 1 saturated heterocycles. The molecule has 1 aromatic carbocycles. The van der Waals surface area contributed by atoms with Crippen LogP contribution in [0.4, 0.5) is 5.69 Å². The summed E-state index contributed by atoms with van der Waals surface area (Å²) in [5.41, 5.74) is 1.17. The lowest BCUT2D eigenvalue weighted by Gasteiger charge is -2.30. The van der Waals surface area contributed by atoms with Gasteiger partial charge in [0.15, 0.2) is 0 Å². The van der Waals surface area contributed by atoms with Crippen LogP contribution in [0.5, 0.6) is 0 Å². The summed E-state index contributed by atoms with van der Waals surface area (Å²) in [4.78, 5) is 36.9. The number of carboxylic acids is 1. The van der Waals surface area contributed by atoms with Gasteiger partial charge in [-0.25, -0.2) is 0 Å². The van der Waals surface area contributed by atoms with E-state index in [1.54, 1.807) is 29.2 Å². The minimum absolute atomic E-state index is 0.0312. The fourth-order valence-electron chi connectivity index (χ4n) is 2.80. The van der Waals surface area contributed by atoms with Crippen molar-refractivity contribution in [2.45, 2.75) is 39.0 Å². The number of nitrogens with zero attached hydrogens (tertiary/aromatic N) is 1. The minimum atomic E-state index is -0.849. The van der Waals surface area contributed by atoms with Crippen LogP contribution in [0.1, 0.15) is 49.4 Å². The minimum Gasteiger partial charge on any atom is -0.481 e. The van der Waals surface area contributed by atoms with Gasteiger partial charge in [-0.3, -0.25) is 14.4 Å². The van der Waals surface area contributed by atoms with E-state index in [4.69, 9.17) is 5.11 Å². The predicted octanol–water partition coefficient (Wildman–Crippen LogP) is 2.75. The Morgan fingerprint density at radius 2 is 1.96 bits per heavy atom. The second kappa shape index (κ2) is 8.47. The zero-order valence-electron chi connectivity index (χ0n) is 14.0. The highest BCUT2D eigenvalue weighted by atomic mass is 16.4. The summed E-state index contributed by atoms with van der Waals surface area (Å²) >= 11 is 0. The Labute approximate surface area is 141 Å². The summed E-state index contributed by atoms with van der Waals surface area (Å²) in [6.45, 7) is 2.87. The van der Waals surface area contributed by atoms with Crippen molar-refractivity contribution >= 4 is 23.5 Å². The number of likely N-dealkylation sites (tertiary alicyclic amines) is 1. The van der Waals surface area contributed by atoms with Gasteiger partial charge in [0.05, 0.1) is 5.92 Å². The fraction of sp³-hybridized carbons (Fsp3) is 0.500. The molecule has 1 heterocycles. The highest BCUT2D eigenvalue weighted by molar-refractivity contribution is 5.96. The van der Waals surface area contributed by atoms with Crippen molar-refractivity contribution in [1.29, 1.82) is 0 Å². The van der Waals surface area contributed by atoms with Gasteiger partial charge < -0.3 is 15.3 Å². The van der Waals surface area contributed by atoms with Gasteiger partial charge in [0.1, 0.15) is 0 Å². The Bertz CT molecular complexity index is 598. The maximum atomic E-state index is 12.5. The van der Waals surface area contributed by atoms with Crippen molar-refractivity contribution in [2.75, 3.05) is 18.4 Å². The van der Waals surface area contributed by atoms with Crippen molar-refractivity contribution in [2.24, 2.45) is 5.92 Å². The van der Waals surface area contributed by atoms with Crippen molar-refractivity contribution in [3.63, 3.8) is 0 Å². The number of carbonyl (C=O) groups excluding carboxylic acids is 2. The van der Waals surface area contributed by atoms with E-state index < -0.39 is 11.9 Å². The van der Waals surface area contributed by atoms with Crippen LogP contribution in [0.25, 0.3) is 0 Å². The van der Waals surface area contributed by atoms with Crippen LogP contribution in [0, 0.1) is 5.92 Å². The van der Waals surface area contributed by atoms with Gasteiger partial charge in [-0.1, -0.05) is 13.3 Å². The van der Waals surface area contributed by atoms with E-state index in [0.717, 1.165) is 12.8 Å². The number of amides is 2. The topological polar surface area (TPSA) is 86.7 Å². The number of unbranched alkanes of at least 4 members (excludes halogenated alkanes) is 1. The van der Waals surface area contributed by atoms with Crippen molar-refractivity contribution < 1.29 is 19.5 Å². The lowest BCUT2D eigenvalue weighted by atomic mass is 9.97. The van der Waals surface area contributed by atoms with Crippen LogP contribution >= 0.6 is 0 Å². The number of hydrogen-bond acceptors (Lipinski definition) is 3. The number of rotatable bonds is 6. The zero-order valence-corrected chi connectivity index (χ0v) is 14.0. The van der Waals surface area contributed by atoms with Crippen LogP contribution in [-0.4, -0.2) is 40.9 Å². The number of nitrogens with one attached hydrogen (secondary N) is 1.